The lowest BCUT2D eigenvalue weighted by Crippen LogP contribution is -2.11. The highest BCUT2D eigenvalue weighted by Gasteiger charge is 2.20. The molecule has 0 aliphatic heterocycles. The molecule has 57 heavy (non-hydrogen) atoms. The van der Waals surface area contributed by atoms with E-state index < -0.39 is 0 Å². The van der Waals surface area contributed by atoms with Crippen molar-refractivity contribution in [2.75, 3.05) is 4.90 Å². The van der Waals surface area contributed by atoms with Crippen LogP contribution in [0, 0.1) is 0 Å². The van der Waals surface area contributed by atoms with Gasteiger partial charge in [0.25, 0.3) is 0 Å². The molecule has 11 rings (SSSR count). The van der Waals surface area contributed by atoms with Gasteiger partial charge >= 0.3 is 0 Å². The molecule has 0 saturated heterocycles. The quantitative estimate of drug-likeness (QED) is 0.160. The minimum Gasteiger partial charge on any atom is -0.308 e. The van der Waals surface area contributed by atoms with Gasteiger partial charge in [-0.05, 0) is 59.3 Å². The summed E-state index contributed by atoms with van der Waals surface area (Å²) in [4.78, 5) is 18.3. The molecule has 0 aliphatic rings. The fourth-order valence-corrected chi connectivity index (χ4v) is 8.28. The average Bonchev–Trinajstić information content (AvgIpc) is 3.29. The van der Waals surface area contributed by atoms with Crippen LogP contribution in [0.25, 0.3) is 88.0 Å². The molecule has 3 aromatic heterocycles. The van der Waals surface area contributed by atoms with Crippen molar-refractivity contribution < 1.29 is 0 Å². The zero-order valence-electron chi connectivity index (χ0n) is 30.9. The Kier molecular flexibility index (Phi) is 7.78. The summed E-state index contributed by atoms with van der Waals surface area (Å²) in [7, 11) is 0. The van der Waals surface area contributed by atoms with E-state index >= 15 is 0 Å². The molecular weight excluding hydrogens is 693 g/mol. The molecule has 0 saturated carbocycles. The second-order valence-corrected chi connectivity index (χ2v) is 14.4. The van der Waals surface area contributed by atoms with Crippen molar-refractivity contribution in [1.82, 2.24) is 15.0 Å². The van der Waals surface area contributed by atoms with Crippen LogP contribution in [0.15, 0.2) is 206 Å². The van der Waals surface area contributed by atoms with Crippen LogP contribution in [-0.2, 0) is 0 Å². The SMILES string of the molecule is c1ccc(-c2ccc3ccc4ccc(-c5ccc6c(ccc7c(-c8ccccc8)nc8c(N(c9ccccc9)c9ccccc9)cccc8c76)c5)nc4c3n2)cc1. The Balaban J connectivity index is 1.13. The predicted octanol–water partition coefficient (Wildman–Crippen LogP) is 14.1. The molecule has 0 amide bonds. The van der Waals surface area contributed by atoms with Gasteiger partial charge in [0.1, 0.15) is 0 Å². The van der Waals surface area contributed by atoms with Gasteiger partial charge in [-0.3, -0.25) is 0 Å². The number of nitrogens with zero attached hydrogens (tertiary/aromatic N) is 4. The number of hydrogen-bond acceptors (Lipinski definition) is 4. The van der Waals surface area contributed by atoms with Crippen molar-refractivity contribution in [3.8, 4) is 33.8 Å². The molecule has 11 aromatic rings. The molecule has 0 unspecified atom stereocenters. The number of rotatable bonds is 6. The Hall–Kier alpha value is -7.69. The molecular formula is C53H34N4. The first-order valence-electron chi connectivity index (χ1n) is 19.3. The van der Waals surface area contributed by atoms with Gasteiger partial charge in [0, 0.05) is 55.0 Å². The van der Waals surface area contributed by atoms with Crippen molar-refractivity contribution in [1.29, 1.82) is 0 Å². The minimum absolute atomic E-state index is 0.903. The van der Waals surface area contributed by atoms with Crippen molar-refractivity contribution in [3.05, 3.63) is 206 Å². The third-order valence-electron chi connectivity index (χ3n) is 11.0. The van der Waals surface area contributed by atoms with Crippen molar-refractivity contribution >= 4 is 71.3 Å². The summed E-state index contributed by atoms with van der Waals surface area (Å²) in [6.07, 6.45) is 0. The molecule has 0 spiro atoms. The Labute approximate surface area is 330 Å². The first-order chi connectivity index (χ1) is 28.3. The maximum atomic E-state index is 5.54. The van der Waals surface area contributed by atoms with Crippen LogP contribution < -0.4 is 4.90 Å². The highest BCUT2D eigenvalue weighted by molar-refractivity contribution is 6.24. The Bertz CT molecular complexity index is 3240. The summed E-state index contributed by atoms with van der Waals surface area (Å²) >= 11 is 0. The summed E-state index contributed by atoms with van der Waals surface area (Å²) in [6, 6.07) is 72.6. The van der Waals surface area contributed by atoms with Crippen molar-refractivity contribution in [3.63, 3.8) is 0 Å². The van der Waals surface area contributed by atoms with E-state index in [1.54, 1.807) is 0 Å². The van der Waals surface area contributed by atoms with Crippen LogP contribution in [0.2, 0.25) is 0 Å². The van der Waals surface area contributed by atoms with E-state index in [-0.39, 0.29) is 0 Å². The number of hydrogen-bond donors (Lipinski definition) is 0. The van der Waals surface area contributed by atoms with Crippen LogP contribution in [-0.4, -0.2) is 15.0 Å². The van der Waals surface area contributed by atoms with E-state index in [2.05, 4.69) is 205 Å². The molecule has 0 aliphatic carbocycles. The number of fused-ring (bicyclic) bond motifs is 8. The van der Waals surface area contributed by atoms with E-state index in [4.69, 9.17) is 15.0 Å². The third kappa shape index (κ3) is 5.66. The van der Waals surface area contributed by atoms with E-state index in [9.17, 15) is 0 Å². The van der Waals surface area contributed by atoms with Gasteiger partial charge in [0.05, 0.1) is 39.3 Å². The Morgan fingerprint density at radius 2 is 0.842 bits per heavy atom. The summed E-state index contributed by atoms with van der Waals surface area (Å²) in [5, 5.41) is 7.86. The molecule has 0 N–H and O–H groups in total. The molecule has 0 bridgehead atoms. The second kappa shape index (κ2) is 13.6. The summed E-state index contributed by atoms with van der Waals surface area (Å²) in [5.74, 6) is 0. The maximum absolute atomic E-state index is 5.54. The van der Waals surface area contributed by atoms with E-state index in [0.29, 0.717) is 0 Å². The van der Waals surface area contributed by atoms with Crippen molar-refractivity contribution in [2.45, 2.75) is 0 Å². The van der Waals surface area contributed by atoms with E-state index in [1.165, 1.54) is 10.8 Å². The van der Waals surface area contributed by atoms with Gasteiger partial charge in [-0.25, -0.2) is 15.0 Å². The maximum Gasteiger partial charge on any atom is 0.0972 e. The van der Waals surface area contributed by atoms with E-state index in [0.717, 1.165) is 94.3 Å². The summed E-state index contributed by atoms with van der Waals surface area (Å²) in [5.41, 5.74) is 12.0. The summed E-state index contributed by atoms with van der Waals surface area (Å²) < 4.78 is 0. The number of anilines is 3. The molecule has 3 heterocycles. The lowest BCUT2D eigenvalue weighted by Gasteiger charge is -2.27. The van der Waals surface area contributed by atoms with Crippen molar-refractivity contribution in [2.24, 2.45) is 0 Å². The smallest absolute Gasteiger partial charge is 0.0972 e. The Morgan fingerprint density at radius 3 is 1.47 bits per heavy atom. The zero-order chi connectivity index (χ0) is 37.7. The van der Waals surface area contributed by atoms with E-state index in [1.807, 2.05) is 6.07 Å². The Morgan fingerprint density at radius 1 is 0.316 bits per heavy atom. The topological polar surface area (TPSA) is 41.9 Å². The molecule has 4 heteroatoms. The second-order valence-electron chi connectivity index (χ2n) is 14.4. The highest BCUT2D eigenvalue weighted by Crippen LogP contribution is 2.44. The fourth-order valence-electron chi connectivity index (χ4n) is 8.28. The third-order valence-corrected chi connectivity index (χ3v) is 11.0. The van der Waals surface area contributed by atoms with Gasteiger partial charge in [-0.2, -0.15) is 0 Å². The monoisotopic (exact) mass is 726 g/mol. The number of pyridine rings is 3. The molecule has 8 aromatic carbocycles. The average molecular weight is 727 g/mol. The standard InChI is InChI=1S/C53H34N4/c1-5-14-35(15-6-1)46-32-28-37-24-25-38-29-33-47(55-52(38)51(37)54-46)40-27-30-43-39(34-40)26-31-45-49(43)44-22-13-23-48(53(44)56-50(45)36-16-7-2-8-17-36)57(41-18-9-3-10-19-41)42-20-11-4-12-21-42/h1-34H. The predicted molar refractivity (Wildman–Crippen MR) is 238 cm³/mol. The van der Waals surface area contributed by atoms with Gasteiger partial charge in [0.15, 0.2) is 0 Å². The van der Waals surface area contributed by atoms with Crippen LogP contribution >= 0.6 is 0 Å². The number of aromatic nitrogens is 3. The van der Waals surface area contributed by atoms with Crippen LogP contribution in [0.3, 0.4) is 0 Å². The van der Waals surface area contributed by atoms with Crippen LogP contribution in [0.1, 0.15) is 0 Å². The van der Waals surface area contributed by atoms with Gasteiger partial charge < -0.3 is 4.90 Å². The van der Waals surface area contributed by atoms with Gasteiger partial charge in [-0.1, -0.05) is 158 Å². The number of benzene rings is 8. The van der Waals surface area contributed by atoms with Crippen LogP contribution in [0.5, 0.6) is 0 Å². The first kappa shape index (κ1) is 32.7. The first-order valence-corrected chi connectivity index (χ1v) is 19.3. The number of para-hydroxylation sites is 3. The molecule has 4 nitrogen and oxygen atoms in total. The van der Waals surface area contributed by atoms with Crippen LogP contribution in [0.4, 0.5) is 17.1 Å². The van der Waals surface area contributed by atoms with Gasteiger partial charge in [0.2, 0.25) is 0 Å². The molecule has 0 fully saturated rings. The zero-order valence-corrected chi connectivity index (χ0v) is 30.9. The summed E-state index contributed by atoms with van der Waals surface area (Å²) in [6.45, 7) is 0. The fraction of sp³-hybridized carbons (Fsp3) is 0. The largest absolute Gasteiger partial charge is 0.308 e. The molecule has 0 radical (unpaired) electrons. The highest BCUT2D eigenvalue weighted by atomic mass is 15.1. The molecule has 0 atom stereocenters. The lowest BCUT2D eigenvalue weighted by atomic mass is 9.93. The normalized spacial score (nSPS) is 11.5. The minimum atomic E-state index is 0.903. The molecule has 266 valence electrons. The lowest BCUT2D eigenvalue weighted by molar-refractivity contribution is 1.28. The van der Waals surface area contributed by atoms with Gasteiger partial charge in [-0.15, -0.1) is 0 Å².